The zero-order valence-corrected chi connectivity index (χ0v) is 23.1. The first-order valence-electron chi connectivity index (χ1n) is 11.5. The summed E-state index contributed by atoms with van der Waals surface area (Å²) in [4.78, 5) is 28.1. The first-order chi connectivity index (χ1) is 16.9. The second-order valence-corrected chi connectivity index (χ2v) is 10.1. The number of ether oxygens (including phenoxy) is 3. The molecule has 9 heteroatoms. The van der Waals surface area contributed by atoms with Gasteiger partial charge in [-0.25, -0.2) is 4.79 Å². The van der Waals surface area contributed by atoms with E-state index in [9.17, 15) is 9.59 Å². The van der Waals surface area contributed by atoms with E-state index >= 15 is 0 Å². The van der Waals surface area contributed by atoms with Crippen molar-refractivity contribution in [2.75, 3.05) is 19.8 Å². The Balaban J connectivity index is 1.94. The number of carbonyl (C=O) groups excluding carboxylic acids is 2. The molecule has 1 unspecified atom stereocenters. The molecule has 0 aromatic heterocycles. The molecular formula is C26H28BrNO5S2. The van der Waals surface area contributed by atoms with Crippen LogP contribution in [0.2, 0.25) is 0 Å². The monoisotopic (exact) mass is 577 g/mol. The Morgan fingerprint density at radius 3 is 2.54 bits per heavy atom. The Labute approximate surface area is 224 Å². The number of thioether (sulfide) groups is 1. The molecule has 0 aliphatic carbocycles. The molecule has 1 aliphatic rings. The maximum atomic E-state index is 13.5. The van der Waals surface area contributed by atoms with Crippen LogP contribution in [0.5, 0.6) is 11.5 Å². The summed E-state index contributed by atoms with van der Waals surface area (Å²) in [7, 11) is 0. The number of unbranched alkanes of at least 4 members (excludes halogenated alkanes) is 1. The molecule has 1 aliphatic heterocycles. The number of thiocarbonyl (C=S) groups is 1. The maximum Gasteiger partial charge on any atom is 0.333 e. The van der Waals surface area contributed by atoms with Crippen LogP contribution in [0.15, 0.2) is 51.8 Å². The van der Waals surface area contributed by atoms with Crippen molar-refractivity contribution in [1.82, 2.24) is 4.90 Å². The SMILES string of the molecule is CCCCOc1c(Br)cc(/C=C2\SC(=S)N(C(C(=O)OCC)c3ccccc3)C2=O)cc1OCC. The quantitative estimate of drug-likeness (QED) is 0.130. The van der Waals surface area contributed by atoms with Gasteiger partial charge in [-0.2, -0.15) is 0 Å². The van der Waals surface area contributed by atoms with Crippen LogP contribution < -0.4 is 9.47 Å². The summed E-state index contributed by atoms with van der Waals surface area (Å²) in [6.07, 6.45) is 3.71. The Hall–Kier alpha value is -2.36. The van der Waals surface area contributed by atoms with E-state index in [1.165, 1.54) is 4.90 Å². The molecule has 0 radical (unpaired) electrons. The van der Waals surface area contributed by atoms with Crippen LogP contribution >= 0.6 is 39.9 Å². The molecule has 1 amide bonds. The lowest BCUT2D eigenvalue weighted by molar-refractivity contribution is -0.151. The van der Waals surface area contributed by atoms with Crippen molar-refractivity contribution in [3.63, 3.8) is 0 Å². The Kier molecular flexibility index (Phi) is 10.2. The predicted octanol–water partition coefficient (Wildman–Crippen LogP) is 6.53. The van der Waals surface area contributed by atoms with Gasteiger partial charge in [0, 0.05) is 0 Å². The van der Waals surface area contributed by atoms with Crippen LogP contribution in [0.25, 0.3) is 6.08 Å². The van der Waals surface area contributed by atoms with Crippen molar-refractivity contribution >= 4 is 62.2 Å². The molecule has 1 saturated heterocycles. The van der Waals surface area contributed by atoms with Gasteiger partial charge in [-0.15, -0.1) is 0 Å². The Morgan fingerprint density at radius 1 is 1.14 bits per heavy atom. The van der Waals surface area contributed by atoms with Gasteiger partial charge in [-0.3, -0.25) is 9.69 Å². The number of hydrogen-bond donors (Lipinski definition) is 0. The van der Waals surface area contributed by atoms with Gasteiger partial charge in [-0.1, -0.05) is 67.7 Å². The van der Waals surface area contributed by atoms with Gasteiger partial charge in [0.05, 0.1) is 29.2 Å². The number of rotatable bonds is 11. The smallest absolute Gasteiger partial charge is 0.333 e. The first kappa shape index (κ1) is 27.2. The zero-order valence-electron chi connectivity index (χ0n) is 19.9. The number of carbonyl (C=O) groups is 2. The van der Waals surface area contributed by atoms with Gasteiger partial charge in [0.25, 0.3) is 5.91 Å². The summed E-state index contributed by atoms with van der Waals surface area (Å²) >= 11 is 10.3. The fourth-order valence-corrected chi connectivity index (χ4v) is 5.38. The van der Waals surface area contributed by atoms with E-state index in [2.05, 4.69) is 22.9 Å². The molecule has 0 bridgehead atoms. The second kappa shape index (κ2) is 13.1. The zero-order chi connectivity index (χ0) is 25.4. The second-order valence-electron chi connectivity index (χ2n) is 7.58. The molecule has 2 aromatic carbocycles. The van der Waals surface area contributed by atoms with Gasteiger partial charge in [0.1, 0.15) is 4.32 Å². The van der Waals surface area contributed by atoms with Crippen molar-refractivity contribution in [2.24, 2.45) is 0 Å². The van der Waals surface area contributed by atoms with Crippen LogP contribution in [0.3, 0.4) is 0 Å². The van der Waals surface area contributed by atoms with E-state index in [4.69, 9.17) is 26.4 Å². The van der Waals surface area contributed by atoms with Crippen molar-refractivity contribution in [1.29, 1.82) is 0 Å². The lowest BCUT2D eigenvalue weighted by Crippen LogP contribution is -2.38. The largest absolute Gasteiger partial charge is 0.490 e. The molecule has 3 rings (SSSR count). The van der Waals surface area contributed by atoms with Gasteiger partial charge in [0.2, 0.25) is 0 Å². The van der Waals surface area contributed by atoms with E-state index in [-0.39, 0.29) is 12.5 Å². The Bertz CT molecular complexity index is 1110. The van der Waals surface area contributed by atoms with Crippen molar-refractivity contribution in [2.45, 2.75) is 39.7 Å². The van der Waals surface area contributed by atoms with Gasteiger partial charge in [0.15, 0.2) is 17.5 Å². The highest BCUT2D eigenvalue weighted by atomic mass is 79.9. The van der Waals surface area contributed by atoms with Crippen LogP contribution in [0, 0.1) is 0 Å². The van der Waals surface area contributed by atoms with E-state index < -0.39 is 12.0 Å². The maximum absolute atomic E-state index is 13.5. The van der Waals surface area contributed by atoms with E-state index in [1.54, 1.807) is 25.1 Å². The van der Waals surface area contributed by atoms with Crippen LogP contribution in [-0.2, 0) is 14.3 Å². The van der Waals surface area contributed by atoms with Crippen LogP contribution in [0.4, 0.5) is 0 Å². The number of esters is 1. The highest BCUT2D eigenvalue weighted by Crippen LogP contribution is 2.41. The fraction of sp³-hybridized carbons (Fsp3) is 0.346. The summed E-state index contributed by atoms with van der Waals surface area (Å²) in [6, 6.07) is 11.8. The summed E-state index contributed by atoms with van der Waals surface area (Å²) in [5.41, 5.74) is 1.38. The molecular weight excluding hydrogens is 550 g/mol. The third kappa shape index (κ3) is 6.65. The highest BCUT2D eigenvalue weighted by Gasteiger charge is 2.42. The molecule has 1 heterocycles. The summed E-state index contributed by atoms with van der Waals surface area (Å²) in [5.74, 6) is 0.357. The summed E-state index contributed by atoms with van der Waals surface area (Å²) in [5, 5.41) is 0. The minimum absolute atomic E-state index is 0.202. The van der Waals surface area contributed by atoms with E-state index in [1.807, 2.05) is 37.3 Å². The highest BCUT2D eigenvalue weighted by molar-refractivity contribution is 9.10. The lowest BCUT2D eigenvalue weighted by atomic mass is 10.1. The van der Waals surface area contributed by atoms with E-state index in [0.717, 1.165) is 34.6 Å². The molecule has 1 fully saturated rings. The third-order valence-electron chi connectivity index (χ3n) is 5.08. The molecule has 0 N–H and O–H groups in total. The summed E-state index contributed by atoms with van der Waals surface area (Å²) < 4.78 is 18.0. The predicted molar refractivity (Wildman–Crippen MR) is 147 cm³/mol. The molecule has 35 heavy (non-hydrogen) atoms. The number of halogens is 1. The molecule has 0 saturated carbocycles. The molecule has 1 atom stereocenters. The fourth-order valence-electron chi connectivity index (χ4n) is 3.49. The first-order valence-corrected chi connectivity index (χ1v) is 13.5. The van der Waals surface area contributed by atoms with Gasteiger partial charge >= 0.3 is 5.97 Å². The molecule has 2 aromatic rings. The number of benzene rings is 2. The summed E-state index contributed by atoms with van der Waals surface area (Å²) in [6.45, 7) is 7.00. The number of amides is 1. The average molecular weight is 579 g/mol. The van der Waals surface area contributed by atoms with Crippen molar-refractivity contribution in [3.8, 4) is 11.5 Å². The van der Waals surface area contributed by atoms with E-state index in [0.29, 0.717) is 39.5 Å². The topological polar surface area (TPSA) is 65.1 Å². The molecule has 6 nitrogen and oxygen atoms in total. The number of hydrogen-bond acceptors (Lipinski definition) is 7. The average Bonchev–Trinajstić information content (AvgIpc) is 3.10. The normalized spacial score (nSPS) is 15.4. The minimum atomic E-state index is -0.949. The standard InChI is InChI=1S/C26H28BrNO5S2/c1-4-7-13-33-23-19(27)14-17(15-20(23)31-5-2)16-21-24(29)28(26(34)35-21)22(25(30)32-6-3)18-11-9-8-10-12-18/h8-12,14-16,22H,4-7,13H2,1-3H3/b21-16-. The lowest BCUT2D eigenvalue weighted by Gasteiger charge is -2.25. The van der Waals surface area contributed by atoms with Gasteiger partial charge in [-0.05, 0) is 65.5 Å². The third-order valence-corrected chi connectivity index (χ3v) is 7.00. The van der Waals surface area contributed by atoms with Crippen molar-refractivity contribution < 1.29 is 23.8 Å². The minimum Gasteiger partial charge on any atom is -0.490 e. The van der Waals surface area contributed by atoms with Gasteiger partial charge < -0.3 is 14.2 Å². The molecule has 186 valence electrons. The van der Waals surface area contributed by atoms with Crippen LogP contribution in [0.1, 0.15) is 50.8 Å². The van der Waals surface area contributed by atoms with Crippen LogP contribution in [-0.4, -0.2) is 40.9 Å². The number of nitrogens with zero attached hydrogens (tertiary/aromatic N) is 1. The molecule has 0 spiro atoms. The van der Waals surface area contributed by atoms with Crippen molar-refractivity contribution in [3.05, 3.63) is 63.0 Å². The Morgan fingerprint density at radius 2 is 1.89 bits per heavy atom.